The van der Waals surface area contributed by atoms with Gasteiger partial charge in [-0.1, -0.05) is 12.1 Å². The van der Waals surface area contributed by atoms with Crippen molar-refractivity contribution in [3.63, 3.8) is 0 Å². The zero-order valence-electron chi connectivity index (χ0n) is 12.8. The third kappa shape index (κ3) is 3.49. The van der Waals surface area contributed by atoms with E-state index >= 15 is 0 Å². The van der Waals surface area contributed by atoms with Crippen molar-refractivity contribution in [2.45, 2.75) is 19.6 Å². The number of hydrogen-bond acceptors (Lipinski definition) is 7. The van der Waals surface area contributed by atoms with Crippen molar-refractivity contribution in [2.24, 2.45) is 0 Å². The van der Waals surface area contributed by atoms with Crippen molar-refractivity contribution in [3.05, 3.63) is 41.3 Å². The van der Waals surface area contributed by atoms with E-state index in [4.69, 9.17) is 14.3 Å². The lowest BCUT2D eigenvalue weighted by atomic mass is 10.2. The number of nitrogens with one attached hydrogen (secondary N) is 1. The van der Waals surface area contributed by atoms with E-state index in [1.807, 2.05) is 24.3 Å². The van der Waals surface area contributed by atoms with E-state index in [1.165, 1.54) is 5.06 Å². The van der Waals surface area contributed by atoms with E-state index in [2.05, 4.69) is 5.32 Å². The highest BCUT2D eigenvalue weighted by molar-refractivity contribution is 5.91. The van der Waals surface area contributed by atoms with Crippen LogP contribution in [0.25, 0.3) is 0 Å². The summed E-state index contributed by atoms with van der Waals surface area (Å²) < 4.78 is 10.1. The lowest BCUT2D eigenvalue weighted by Gasteiger charge is -2.18. The first-order chi connectivity index (χ1) is 10.6. The van der Waals surface area contributed by atoms with E-state index in [0.29, 0.717) is 6.54 Å². The predicted molar refractivity (Wildman–Crippen MR) is 78.8 cm³/mol. The molecular formula is C15H20N2O5. The predicted octanol–water partition coefficient (Wildman–Crippen LogP) is 1.32. The van der Waals surface area contributed by atoms with Gasteiger partial charge in [-0.2, -0.15) is 0 Å². The van der Waals surface area contributed by atoms with E-state index in [0.717, 1.165) is 11.3 Å². The smallest absolute Gasteiger partial charge is 0.363 e. The molecule has 0 radical (unpaired) electrons. The molecule has 7 nitrogen and oxygen atoms in total. The maximum Gasteiger partial charge on any atom is 0.363 e. The Hall–Kier alpha value is -2.25. The standard InChI is InChI=1S/C15H20N2O5/c1-4-21-14(18)12-13(17(2)22-15(12)19)16-9-10-5-7-11(20-3)8-6-10/h5-8,13,16,18H,4,9H2,1-3H3/b14-12-. The number of likely N-dealkylation sites (N-methyl/N-ethyl adjacent to an activating group) is 1. The highest BCUT2D eigenvalue weighted by Gasteiger charge is 2.39. The highest BCUT2D eigenvalue weighted by Crippen LogP contribution is 2.22. The molecule has 1 heterocycles. The van der Waals surface area contributed by atoms with Crippen LogP contribution in [0.3, 0.4) is 0 Å². The number of rotatable bonds is 6. The van der Waals surface area contributed by atoms with Crippen LogP contribution < -0.4 is 10.1 Å². The molecule has 1 aliphatic heterocycles. The van der Waals surface area contributed by atoms with E-state index in [1.54, 1.807) is 21.1 Å². The van der Waals surface area contributed by atoms with Crippen molar-refractivity contribution >= 4 is 5.97 Å². The number of carbonyl (C=O) groups excluding carboxylic acids is 1. The summed E-state index contributed by atoms with van der Waals surface area (Å²) in [4.78, 5) is 16.8. The lowest BCUT2D eigenvalue weighted by Crippen LogP contribution is -2.39. The fraction of sp³-hybridized carbons (Fsp3) is 0.400. The average molecular weight is 308 g/mol. The molecule has 0 bridgehead atoms. The SMILES string of the molecule is CCO/C(O)=C1\C(=O)ON(C)C1NCc1ccc(OC)cc1. The van der Waals surface area contributed by atoms with Crippen LogP contribution in [-0.2, 0) is 20.9 Å². The Morgan fingerprint density at radius 3 is 2.68 bits per heavy atom. The second-order valence-corrected chi connectivity index (χ2v) is 4.71. The maximum atomic E-state index is 11.8. The van der Waals surface area contributed by atoms with Crippen LogP contribution in [0.15, 0.2) is 35.8 Å². The van der Waals surface area contributed by atoms with Gasteiger partial charge in [0.1, 0.15) is 11.9 Å². The van der Waals surface area contributed by atoms with Gasteiger partial charge in [0.25, 0.3) is 5.95 Å². The van der Waals surface area contributed by atoms with Gasteiger partial charge in [-0.25, -0.2) is 4.79 Å². The summed E-state index contributed by atoms with van der Waals surface area (Å²) in [6, 6.07) is 7.53. The number of methoxy groups -OCH3 is 1. The number of aliphatic hydroxyl groups excluding tert-OH is 1. The summed E-state index contributed by atoms with van der Waals surface area (Å²) in [5.74, 6) is -0.264. The molecule has 120 valence electrons. The van der Waals surface area contributed by atoms with Crippen molar-refractivity contribution < 1.29 is 24.2 Å². The Bertz CT molecular complexity index is 556. The van der Waals surface area contributed by atoms with Gasteiger partial charge in [0.15, 0.2) is 5.57 Å². The first-order valence-electron chi connectivity index (χ1n) is 6.94. The summed E-state index contributed by atoms with van der Waals surface area (Å²) in [6.45, 7) is 2.47. The van der Waals surface area contributed by atoms with E-state index in [9.17, 15) is 9.90 Å². The molecule has 1 unspecified atom stereocenters. The molecule has 0 amide bonds. The number of ether oxygens (including phenoxy) is 2. The summed E-state index contributed by atoms with van der Waals surface area (Å²) >= 11 is 0. The second-order valence-electron chi connectivity index (χ2n) is 4.71. The van der Waals surface area contributed by atoms with E-state index < -0.39 is 18.1 Å². The van der Waals surface area contributed by atoms with Gasteiger partial charge in [-0.15, -0.1) is 5.06 Å². The number of aliphatic hydroxyl groups is 1. The summed E-state index contributed by atoms with van der Waals surface area (Å²) in [5, 5.41) is 14.3. The fourth-order valence-electron chi connectivity index (χ4n) is 2.13. The molecule has 1 aliphatic rings. The van der Waals surface area contributed by atoms with Crippen molar-refractivity contribution in [1.29, 1.82) is 0 Å². The Balaban J connectivity index is 2.08. The van der Waals surface area contributed by atoms with E-state index in [-0.39, 0.29) is 12.2 Å². The van der Waals surface area contributed by atoms with Gasteiger partial charge < -0.3 is 19.4 Å². The third-order valence-electron chi connectivity index (χ3n) is 3.25. The Labute approximate surface area is 129 Å². The normalized spacial score (nSPS) is 20.7. The molecule has 0 spiro atoms. The minimum Gasteiger partial charge on any atom is -0.497 e. The zero-order chi connectivity index (χ0) is 16.1. The molecule has 1 aromatic carbocycles. The Morgan fingerprint density at radius 1 is 1.41 bits per heavy atom. The second kappa shape index (κ2) is 7.15. The van der Waals surface area contributed by atoms with Gasteiger partial charge in [0.05, 0.1) is 13.7 Å². The van der Waals surface area contributed by atoms with Gasteiger partial charge >= 0.3 is 5.97 Å². The van der Waals surface area contributed by atoms with Crippen LogP contribution in [0.2, 0.25) is 0 Å². The first kappa shape index (κ1) is 16.1. The van der Waals surface area contributed by atoms with Crippen molar-refractivity contribution in [2.75, 3.05) is 20.8 Å². The molecular weight excluding hydrogens is 288 g/mol. The molecule has 2 N–H and O–H groups in total. The number of benzene rings is 1. The van der Waals surface area contributed by atoms with Crippen molar-refractivity contribution in [3.8, 4) is 5.75 Å². The molecule has 1 saturated heterocycles. The number of nitrogens with zero attached hydrogens (tertiary/aromatic N) is 1. The fourth-order valence-corrected chi connectivity index (χ4v) is 2.13. The highest BCUT2D eigenvalue weighted by atomic mass is 16.7. The first-order valence-corrected chi connectivity index (χ1v) is 6.94. The maximum absolute atomic E-state index is 11.8. The molecule has 7 heteroatoms. The molecule has 0 saturated carbocycles. The molecule has 1 fully saturated rings. The van der Waals surface area contributed by atoms with Gasteiger partial charge in [0, 0.05) is 13.6 Å². The van der Waals surface area contributed by atoms with Crippen LogP contribution in [-0.4, -0.2) is 43.1 Å². The number of carbonyl (C=O) groups is 1. The molecule has 0 aliphatic carbocycles. The topological polar surface area (TPSA) is 80.3 Å². The Morgan fingerprint density at radius 2 is 2.09 bits per heavy atom. The monoisotopic (exact) mass is 308 g/mol. The van der Waals surface area contributed by atoms with Crippen LogP contribution in [0.1, 0.15) is 12.5 Å². The van der Waals surface area contributed by atoms with Crippen molar-refractivity contribution in [1.82, 2.24) is 10.4 Å². The molecule has 22 heavy (non-hydrogen) atoms. The minimum atomic E-state index is -0.624. The van der Waals surface area contributed by atoms with Crippen LogP contribution in [0, 0.1) is 0 Å². The largest absolute Gasteiger partial charge is 0.497 e. The van der Waals surface area contributed by atoms with Crippen LogP contribution >= 0.6 is 0 Å². The van der Waals surface area contributed by atoms with Gasteiger partial charge in [-0.05, 0) is 24.6 Å². The number of hydroxylamine groups is 2. The Kier molecular flexibility index (Phi) is 5.24. The summed E-state index contributed by atoms with van der Waals surface area (Å²) in [7, 11) is 3.22. The zero-order valence-corrected chi connectivity index (χ0v) is 12.8. The summed E-state index contributed by atoms with van der Waals surface area (Å²) in [5.41, 5.74) is 1.07. The minimum absolute atomic E-state index is 0.0675. The van der Waals surface area contributed by atoms with Gasteiger partial charge in [0.2, 0.25) is 0 Å². The molecule has 2 rings (SSSR count). The molecule has 1 aromatic rings. The molecule has 1 atom stereocenters. The quantitative estimate of drug-likeness (QED) is 0.606. The number of hydrogen-bond donors (Lipinski definition) is 2. The van der Waals surface area contributed by atoms with Crippen LogP contribution in [0.4, 0.5) is 0 Å². The average Bonchev–Trinajstić information content (AvgIpc) is 2.79. The molecule has 0 aromatic heterocycles. The van der Waals surface area contributed by atoms with Crippen LogP contribution in [0.5, 0.6) is 5.75 Å². The lowest BCUT2D eigenvalue weighted by molar-refractivity contribution is -0.169. The summed E-state index contributed by atoms with van der Waals surface area (Å²) in [6.07, 6.45) is -0.582. The third-order valence-corrected chi connectivity index (χ3v) is 3.25. The van der Waals surface area contributed by atoms with Gasteiger partial charge in [-0.3, -0.25) is 5.32 Å².